The van der Waals surface area contributed by atoms with Crippen LogP contribution in [0.1, 0.15) is 0 Å². The number of nitrogens with zero attached hydrogens (tertiary/aromatic N) is 5. The molecule has 1 saturated heterocycles. The van der Waals surface area contributed by atoms with Crippen molar-refractivity contribution in [2.45, 2.75) is 6.54 Å². The topological polar surface area (TPSA) is 63.5 Å². The summed E-state index contributed by atoms with van der Waals surface area (Å²) in [7, 11) is 1.60. The van der Waals surface area contributed by atoms with Crippen LogP contribution in [0.2, 0.25) is 10.0 Å². The van der Waals surface area contributed by atoms with E-state index in [0.717, 1.165) is 24.2 Å². The third-order valence-electron chi connectivity index (χ3n) is 4.86. The Morgan fingerprint density at radius 1 is 1.14 bits per heavy atom. The molecule has 0 aliphatic carbocycles. The van der Waals surface area contributed by atoms with Crippen LogP contribution in [0.3, 0.4) is 0 Å². The Labute approximate surface area is 172 Å². The second kappa shape index (κ2) is 7.85. The number of benzene rings is 1. The van der Waals surface area contributed by atoms with Gasteiger partial charge in [-0.3, -0.25) is 4.79 Å². The average Bonchev–Trinajstić information content (AvgIpc) is 3.10. The number of carbonyl (C=O) groups is 1. The van der Waals surface area contributed by atoms with E-state index in [1.54, 1.807) is 30.3 Å². The van der Waals surface area contributed by atoms with Crippen LogP contribution in [-0.2, 0) is 11.3 Å². The van der Waals surface area contributed by atoms with Crippen molar-refractivity contribution in [3.05, 3.63) is 46.7 Å². The smallest absolute Gasteiger partial charge is 0.244 e. The molecule has 1 amide bonds. The molecule has 28 heavy (non-hydrogen) atoms. The van der Waals surface area contributed by atoms with Gasteiger partial charge in [0.05, 0.1) is 23.4 Å². The van der Waals surface area contributed by atoms with Crippen molar-refractivity contribution in [2.24, 2.45) is 0 Å². The number of amides is 1. The summed E-state index contributed by atoms with van der Waals surface area (Å²) in [4.78, 5) is 21.1. The van der Waals surface area contributed by atoms with Crippen molar-refractivity contribution in [3.8, 4) is 5.75 Å². The van der Waals surface area contributed by atoms with Gasteiger partial charge in [0.2, 0.25) is 5.91 Å². The molecule has 0 spiro atoms. The monoisotopic (exact) mass is 419 g/mol. The van der Waals surface area contributed by atoms with Crippen molar-refractivity contribution in [1.82, 2.24) is 19.7 Å². The van der Waals surface area contributed by atoms with Gasteiger partial charge in [-0.05, 0) is 18.2 Å². The fourth-order valence-corrected chi connectivity index (χ4v) is 3.71. The van der Waals surface area contributed by atoms with Crippen LogP contribution in [0.4, 0.5) is 5.69 Å². The zero-order chi connectivity index (χ0) is 19.7. The Balaban J connectivity index is 1.40. The van der Waals surface area contributed by atoms with Gasteiger partial charge in [-0.2, -0.15) is 5.10 Å². The van der Waals surface area contributed by atoms with Gasteiger partial charge in [0.1, 0.15) is 12.3 Å². The van der Waals surface area contributed by atoms with E-state index < -0.39 is 0 Å². The summed E-state index contributed by atoms with van der Waals surface area (Å²) in [6, 6.07) is 7.51. The number of hydrogen-bond donors (Lipinski definition) is 0. The van der Waals surface area contributed by atoms with E-state index in [9.17, 15) is 4.79 Å². The summed E-state index contributed by atoms with van der Waals surface area (Å²) < 4.78 is 6.91. The summed E-state index contributed by atoms with van der Waals surface area (Å²) in [5.41, 5.74) is 1.69. The molecule has 4 rings (SSSR count). The molecule has 0 atom stereocenters. The number of aromatic nitrogens is 3. The molecule has 1 aliphatic rings. The molecule has 1 aliphatic heterocycles. The second-order valence-electron chi connectivity index (χ2n) is 6.56. The highest BCUT2D eigenvalue weighted by Gasteiger charge is 2.23. The molecule has 3 heterocycles. The zero-order valence-electron chi connectivity index (χ0n) is 15.3. The number of hydrogen-bond acceptors (Lipinski definition) is 5. The lowest BCUT2D eigenvalue weighted by atomic mass is 10.2. The lowest BCUT2D eigenvalue weighted by Crippen LogP contribution is -2.49. The van der Waals surface area contributed by atoms with E-state index in [1.165, 1.54) is 0 Å². The number of methoxy groups -OCH3 is 1. The summed E-state index contributed by atoms with van der Waals surface area (Å²) in [6.45, 7) is 2.92. The number of fused-ring (bicyclic) bond motifs is 1. The maximum absolute atomic E-state index is 12.7. The highest BCUT2D eigenvalue weighted by Crippen LogP contribution is 2.29. The minimum Gasteiger partial charge on any atom is -0.495 e. The summed E-state index contributed by atoms with van der Waals surface area (Å²) in [5, 5.41) is 6.23. The fraction of sp³-hybridized carbons (Fsp3) is 0.316. The van der Waals surface area contributed by atoms with Gasteiger partial charge in [0.25, 0.3) is 0 Å². The molecule has 7 nitrogen and oxygen atoms in total. The Hall–Kier alpha value is -2.51. The van der Waals surface area contributed by atoms with Crippen LogP contribution in [0.25, 0.3) is 11.0 Å². The molecule has 146 valence electrons. The fourth-order valence-electron chi connectivity index (χ4n) is 3.35. The van der Waals surface area contributed by atoms with E-state index in [4.69, 9.17) is 27.9 Å². The Kier molecular flexibility index (Phi) is 5.28. The molecule has 1 aromatic carbocycles. The van der Waals surface area contributed by atoms with Gasteiger partial charge in [-0.1, -0.05) is 23.2 Å². The maximum Gasteiger partial charge on any atom is 0.244 e. The van der Waals surface area contributed by atoms with E-state index in [-0.39, 0.29) is 12.5 Å². The highest BCUT2D eigenvalue weighted by atomic mass is 35.5. The van der Waals surface area contributed by atoms with E-state index in [1.807, 2.05) is 23.1 Å². The normalized spacial score (nSPS) is 14.5. The quantitative estimate of drug-likeness (QED) is 0.649. The first kappa shape index (κ1) is 18.8. The van der Waals surface area contributed by atoms with Crippen LogP contribution < -0.4 is 9.64 Å². The van der Waals surface area contributed by atoms with Crippen molar-refractivity contribution in [1.29, 1.82) is 0 Å². The molecule has 9 heteroatoms. The first-order valence-electron chi connectivity index (χ1n) is 8.88. The number of anilines is 1. The first-order valence-corrected chi connectivity index (χ1v) is 9.64. The van der Waals surface area contributed by atoms with E-state index in [0.29, 0.717) is 34.5 Å². The van der Waals surface area contributed by atoms with Crippen LogP contribution in [0.15, 0.2) is 36.7 Å². The van der Waals surface area contributed by atoms with Gasteiger partial charge >= 0.3 is 0 Å². The van der Waals surface area contributed by atoms with Crippen LogP contribution in [0, 0.1) is 0 Å². The Morgan fingerprint density at radius 2 is 1.93 bits per heavy atom. The molecule has 0 saturated carbocycles. The zero-order valence-corrected chi connectivity index (χ0v) is 16.8. The molecule has 0 unspecified atom stereocenters. The van der Waals surface area contributed by atoms with Gasteiger partial charge in [-0.15, -0.1) is 0 Å². The molecule has 1 fully saturated rings. The summed E-state index contributed by atoms with van der Waals surface area (Å²) >= 11 is 12.1. The number of carbonyl (C=O) groups excluding carboxylic acids is 1. The molecule has 2 aromatic heterocycles. The number of rotatable bonds is 4. The minimum atomic E-state index is 0.0232. The van der Waals surface area contributed by atoms with E-state index >= 15 is 0 Å². The molecule has 0 bridgehead atoms. The Morgan fingerprint density at radius 3 is 2.68 bits per heavy atom. The highest BCUT2D eigenvalue weighted by molar-refractivity contribution is 6.32. The van der Waals surface area contributed by atoms with Crippen molar-refractivity contribution < 1.29 is 9.53 Å². The molecule has 0 radical (unpaired) electrons. The van der Waals surface area contributed by atoms with Gasteiger partial charge in [-0.25, -0.2) is 9.67 Å². The molecule has 3 aromatic rings. The van der Waals surface area contributed by atoms with Crippen molar-refractivity contribution in [2.75, 3.05) is 38.2 Å². The Bertz CT molecular complexity index is 1010. The van der Waals surface area contributed by atoms with Gasteiger partial charge in [0.15, 0.2) is 5.65 Å². The third-order valence-corrected chi connectivity index (χ3v) is 5.38. The SMILES string of the molecule is COc1cc(N2CCN(C(=O)Cn3ncc4cc(Cl)cnc43)CC2)ccc1Cl. The van der Waals surface area contributed by atoms with Crippen molar-refractivity contribution >= 4 is 45.8 Å². The first-order chi connectivity index (χ1) is 13.5. The number of pyridine rings is 1. The van der Waals surface area contributed by atoms with Gasteiger partial charge < -0.3 is 14.5 Å². The standard InChI is InChI=1S/C19H19Cl2N5O2/c1-28-17-9-15(2-3-16(17)21)24-4-6-25(7-5-24)18(27)12-26-19-13(10-23-26)8-14(20)11-22-19/h2-3,8-11H,4-7,12H2,1H3. The molecular formula is C19H19Cl2N5O2. The largest absolute Gasteiger partial charge is 0.495 e. The summed E-state index contributed by atoms with van der Waals surface area (Å²) in [5.74, 6) is 0.672. The van der Waals surface area contributed by atoms with E-state index in [2.05, 4.69) is 15.0 Å². The van der Waals surface area contributed by atoms with Crippen LogP contribution in [0.5, 0.6) is 5.75 Å². The van der Waals surface area contributed by atoms with Crippen molar-refractivity contribution in [3.63, 3.8) is 0 Å². The maximum atomic E-state index is 12.7. The number of ether oxygens (including phenoxy) is 1. The number of halogens is 2. The lowest BCUT2D eigenvalue weighted by Gasteiger charge is -2.36. The minimum absolute atomic E-state index is 0.0232. The summed E-state index contributed by atoms with van der Waals surface area (Å²) in [6.07, 6.45) is 3.24. The van der Waals surface area contributed by atoms with Crippen LogP contribution >= 0.6 is 23.2 Å². The predicted octanol–water partition coefficient (Wildman–Crippen LogP) is 3.10. The predicted molar refractivity (Wildman–Crippen MR) is 109 cm³/mol. The van der Waals surface area contributed by atoms with Crippen LogP contribution in [-0.4, -0.2) is 58.9 Å². The third kappa shape index (κ3) is 3.72. The number of piperazine rings is 1. The van der Waals surface area contributed by atoms with Gasteiger partial charge in [0, 0.05) is 49.5 Å². The molecular weight excluding hydrogens is 401 g/mol. The molecule has 0 N–H and O–H groups in total. The average molecular weight is 420 g/mol. The lowest BCUT2D eigenvalue weighted by molar-refractivity contribution is -0.132. The second-order valence-corrected chi connectivity index (χ2v) is 7.40.